The van der Waals surface area contributed by atoms with Gasteiger partial charge in [-0.3, -0.25) is 9.78 Å². The van der Waals surface area contributed by atoms with Crippen molar-refractivity contribution in [2.45, 2.75) is 32.1 Å². The van der Waals surface area contributed by atoms with Gasteiger partial charge in [-0.2, -0.15) is 0 Å². The van der Waals surface area contributed by atoms with Crippen LogP contribution in [0.2, 0.25) is 0 Å². The highest BCUT2D eigenvalue weighted by Crippen LogP contribution is 2.61. The number of hydrogen-bond acceptors (Lipinski definition) is 5. The van der Waals surface area contributed by atoms with Crippen LogP contribution in [0.4, 0.5) is 10.2 Å². The molecule has 6 rings (SSSR count). The molecule has 2 aliphatic rings. The van der Waals surface area contributed by atoms with E-state index in [1.54, 1.807) is 24.4 Å². The van der Waals surface area contributed by atoms with Crippen LogP contribution in [0.1, 0.15) is 61.1 Å². The van der Waals surface area contributed by atoms with Crippen LogP contribution >= 0.6 is 0 Å². The summed E-state index contributed by atoms with van der Waals surface area (Å²) in [4.78, 5) is 21.4. The number of nitrogens with zero attached hydrogens (tertiary/aromatic N) is 2. The van der Waals surface area contributed by atoms with E-state index < -0.39 is 11.4 Å². The summed E-state index contributed by atoms with van der Waals surface area (Å²) in [5.74, 6) is -0.227. The largest absolute Gasteiger partial charge is 0.384 e. The molecule has 2 aromatic carbocycles. The first kappa shape index (κ1) is 21.4. The minimum absolute atomic E-state index is 0.232. The predicted molar refractivity (Wildman–Crippen MR) is 129 cm³/mol. The summed E-state index contributed by atoms with van der Waals surface area (Å²) < 4.78 is 21.7. The molecule has 1 amide bonds. The topological polar surface area (TPSA) is 90.1 Å². The van der Waals surface area contributed by atoms with Gasteiger partial charge in [0.05, 0.1) is 6.20 Å². The van der Waals surface area contributed by atoms with Gasteiger partial charge in [0.15, 0.2) is 0 Å². The van der Waals surface area contributed by atoms with Crippen LogP contribution in [0, 0.1) is 19.7 Å². The fraction of sp³-hybridized carbons (Fsp3) is 0.179. The Labute approximate surface area is 202 Å². The second kappa shape index (κ2) is 7.71. The van der Waals surface area contributed by atoms with E-state index in [0.29, 0.717) is 23.5 Å². The van der Waals surface area contributed by atoms with Gasteiger partial charge >= 0.3 is 0 Å². The Hall–Kier alpha value is -4.10. The Morgan fingerprint density at radius 3 is 2.69 bits per heavy atom. The molecule has 4 heterocycles. The van der Waals surface area contributed by atoms with Gasteiger partial charge < -0.3 is 15.8 Å². The molecule has 0 aliphatic carbocycles. The van der Waals surface area contributed by atoms with Gasteiger partial charge in [0, 0.05) is 29.6 Å². The number of aromatic nitrogens is 2. The molecule has 7 heteroatoms. The first-order chi connectivity index (χ1) is 16.9. The monoisotopic (exact) mass is 466 g/mol. The Kier molecular flexibility index (Phi) is 4.72. The number of ether oxygens (including phenoxy) is 1. The lowest BCUT2D eigenvalue weighted by molar-refractivity contribution is 0.0224. The van der Waals surface area contributed by atoms with Gasteiger partial charge in [-0.05, 0) is 71.5 Å². The van der Waals surface area contributed by atoms with Crippen LogP contribution in [0.5, 0.6) is 0 Å². The number of carbonyl (C=O) groups excluding carboxylic acids is 1. The van der Waals surface area contributed by atoms with Gasteiger partial charge in [0.1, 0.15) is 23.3 Å². The third-order valence-corrected chi connectivity index (χ3v) is 7.05. The first-order valence-electron chi connectivity index (χ1n) is 11.4. The van der Waals surface area contributed by atoms with Crippen molar-refractivity contribution in [1.29, 1.82) is 0 Å². The molecule has 4 aromatic rings. The summed E-state index contributed by atoms with van der Waals surface area (Å²) in [7, 11) is 0. The van der Waals surface area contributed by atoms with Crippen LogP contribution in [-0.2, 0) is 16.9 Å². The van der Waals surface area contributed by atoms with Crippen LogP contribution in [0.25, 0.3) is 0 Å². The predicted octanol–water partition coefficient (Wildman–Crippen LogP) is 4.47. The molecule has 0 fully saturated rings. The van der Waals surface area contributed by atoms with Gasteiger partial charge in [-0.15, -0.1) is 0 Å². The Morgan fingerprint density at radius 2 is 1.89 bits per heavy atom. The van der Waals surface area contributed by atoms with Crippen LogP contribution in [-0.4, -0.2) is 15.9 Å². The van der Waals surface area contributed by atoms with Crippen molar-refractivity contribution < 1.29 is 13.9 Å². The zero-order valence-corrected chi connectivity index (χ0v) is 19.3. The summed E-state index contributed by atoms with van der Waals surface area (Å²) >= 11 is 0. The van der Waals surface area contributed by atoms with Crippen molar-refractivity contribution >= 4 is 11.7 Å². The maximum absolute atomic E-state index is 15.1. The van der Waals surface area contributed by atoms with Gasteiger partial charge in [0.25, 0.3) is 5.91 Å². The van der Waals surface area contributed by atoms with Gasteiger partial charge in [0.2, 0.25) is 0 Å². The fourth-order valence-corrected chi connectivity index (χ4v) is 5.46. The first-order valence-corrected chi connectivity index (χ1v) is 11.4. The highest BCUT2D eigenvalue weighted by Gasteiger charge is 2.56. The van der Waals surface area contributed by atoms with E-state index in [4.69, 9.17) is 10.5 Å². The van der Waals surface area contributed by atoms with E-state index in [-0.39, 0.29) is 12.0 Å². The average molecular weight is 467 g/mol. The maximum Gasteiger partial charge on any atom is 0.251 e. The number of fused-ring (bicyclic) bond motifs is 8. The number of rotatable bonds is 4. The van der Waals surface area contributed by atoms with Crippen LogP contribution < -0.4 is 11.1 Å². The van der Waals surface area contributed by atoms with Gasteiger partial charge in [-0.1, -0.05) is 30.3 Å². The highest BCUT2D eigenvalue weighted by molar-refractivity contribution is 5.95. The van der Waals surface area contributed by atoms with Crippen molar-refractivity contribution in [1.82, 2.24) is 15.3 Å². The fourth-order valence-electron chi connectivity index (χ4n) is 5.46. The minimum Gasteiger partial charge on any atom is -0.384 e. The molecule has 2 bridgehead atoms. The quantitative estimate of drug-likeness (QED) is 0.463. The van der Waals surface area contributed by atoms with E-state index >= 15 is 4.39 Å². The molecule has 2 aliphatic heterocycles. The van der Waals surface area contributed by atoms with Crippen molar-refractivity contribution in [3.63, 3.8) is 0 Å². The van der Waals surface area contributed by atoms with E-state index in [1.165, 1.54) is 6.20 Å². The zero-order valence-electron chi connectivity index (χ0n) is 19.3. The van der Waals surface area contributed by atoms with Crippen molar-refractivity contribution in [2.75, 3.05) is 5.73 Å². The smallest absolute Gasteiger partial charge is 0.251 e. The number of halogens is 1. The Balaban J connectivity index is 1.40. The van der Waals surface area contributed by atoms with E-state index in [9.17, 15) is 4.79 Å². The second-order valence-corrected chi connectivity index (χ2v) is 9.03. The molecular formula is C28H23FN4O2. The molecular weight excluding hydrogens is 443 g/mol. The molecule has 0 saturated carbocycles. The molecule has 3 N–H and O–H groups in total. The number of anilines is 1. The number of pyridine rings is 2. The average Bonchev–Trinajstić information content (AvgIpc) is 3.36. The highest BCUT2D eigenvalue weighted by atomic mass is 19.1. The normalized spacial score (nSPS) is 19.3. The summed E-state index contributed by atoms with van der Waals surface area (Å²) in [5, 5.41) is 2.99. The minimum atomic E-state index is -1.13. The molecule has 0 radical (unpaired) electrons. The van der Waals surface area contributed by atoms with Crippen molar-refractivity contribution in [2.24, 2.45) is 0 Å². The number of benzene rings is 2. The van der Waals surface area contributed by atoms with Crippen LogP contribution in [0.3, 0.4) is 0 Å². The molecule has 0 spiro atoms. The number of nitrogen functional groups attached to an aromatic ring is 1. The molecule has 0 saturated heterocycles. The lowest BCUT2D eigenvalue weighted by Crippen LogP contribution is -2.29. The molecule has 2 atom stereocenters. The summed E-state index contributed by atoms with van der Waals surface area (Å²) in [6.45, 7) is 4.15. The summed E-state index contributed by atoms with van der Waals surface area (Å²) in [6.07, 6.45) is 2.44. The molecule has 174 valence electrons. The van der Waals surface area contributed by atoms with Crippen molar-refractivity contribution in [3.8, 4) is 0 Å². The third kappa shape index (κ3) is 3.08. The Morgan fingerprint density at radius 1 is 1.09 bits per heavy atom. The van der Waals surface area contributed by atoms with Crippen molar-refractivity contribution in [3.05, 3.63) is 123 Å². The number of nitrogens with one attached hydrogen (secondary N) is 1. The summed E-state index contributed by atoms with van der Waals surface area (Å²) in [5.41, 5.74) is 11.9. The lowest BCUT2D eigenvalue weighted by Gasteiger charge is -2.30. The number of carbonyl (C=O) groups is 1. The summed E-state index contributed by atoms with van der Waals surface area (Å²) in [6, 6.07) is 16.8. The maximum atomic E-state index is 15.1. The molecule has 35 heavy (non-hydrogen) atoms. The number of amides is 1. The lowest BCUT2D eigenvalue weighted by atomic mass is 9.73. The second-order valence-electron chi connectivity index (χ2n) is 9.03. The van der Waals surface area contributed by atoms with Crippen LogP contribution in [0.15, 0.2) is 67.0 Å². The van der Waals surface area contributed by atoms with Gasteiger partial charge in [-0.25, -0.2) is 9.37 Å². The standard InChI is InChI=1S/C28H23FN4O2/c1-15-11-25(30)33-16(2)20(15)13-32-27(34)17-7-8-19-23(12-17)28(22-9-10-31-14-24(22)29)21-6-4-3-5-18(21)26(19)35-28/h3-12,14,26H,13H2,1-2H3,(H2,30,33)(H,32,34). The number of hydrogen-bond donors (Lipinski definition) is 2. The number of aryl methyl sites for hydroxylation is 2. The van der Waals surface area contributed by atoms with E-state index in [0.717, 1.165) is 39.1 Å². The molecule has 2 unspecified atom stereocenters. The third-order valence-electron chi connectivity index (χ3n) is 7.05. The van der Waals surface area contributed by atoms with E-state index in [1.807, 2.05) is 50.2 Å². The zero-order chi connectivity index (χ0) is 24.3. The number of nitrogens with two attached hydrogens (primary N) is 1. The molecule has 6 nitrogen and oxygen atoms in total. The Bertz CT molecular complexity index is 1500. The SMILES string of the molecule is Cc1cc(N)nc(C)c1CNC(=O)c1ccc2c(c1)C1(c3ccncc3F)OC2c2ccccc21. The molecule has 2 aromatic heterocycles. The van der Waals surface area contributed by atoms with E-state index in [2.05, 4.69) is 15.3 Å².